The second-order valence-electron chi connectivity index (χ2n) is 3.91. The molecule has 100 valence electrons. The van der Waals surface area contributed by atoms with Crippen LogP contribution in [0.1, 0.15) is 15.9 Å². The number of benzene rings is 2. The van der Waals surface area contributed by atoms with Gasteiger partial charge in [-0.2, -0.15) is 5.26 Å². The summed E-state index contributed by atoms with van der Waals surface area (Å²) >= 11 is 1.45. The summed E-state index contributed by atoms with van der Waals surface area (Å²) in [4.78, 5) is 12.6. The molecule has 0 aliphatic heterocycles. The van der Waals surface area contributed by atoms with Crippen LogP contribution in [0.5, 0.6) is 5.75 Å². The zero-order valence-corrected chi connectivity index (χ0v) is 11.5. The largest absolute Gasteiger partial charge is 0.496 e. The van der Waals surface area contributed by atoms with Crippen molar-refractivity contribution in [2.45, 2.75) is 9.79 Å². The Bertz CT molecular complexity index is 675. The topological polar surface area (TPSA) is 70.3 Å². The van der Waals surface area contributed by atoms with Crippen molar-refractivity contribution in [3.8, 4) is 11.8 Å². The Balaban J connectivity index is 2.25. The summed E-state index contributed by atoms with van der Waals surface area (Å²) < 4.78 is 5.26. The SMILES string of the molecule is COc1cc(C#N)ccc1Sc1ccc(C(=O)O)cc1. The van der Waals surface area contributed by atoms with Crippen LogP contribution in [-0.4, -0.2) is 18.2 Å². The number of methoxy groups -OCH3 is 1. The summed E-state index contributed by atoms with van der Waals surface area (Å²) in [5, 5.41) is 17.7. The Morgan fingerprint density at radius 2 is 1.95 bits per heavy atom. The van der Waals surface area contributed by atoms with Crippen LogP contribution < -0.4 is 4.74 Å². The minimum atomic E-state index is -0.947. The van der Waals surface area contributed by atoms with Gasteiger partial charge in [-0.1, -0.05) is 11.8 Å². The van der Waals surface area contributed by atoms with Crippen molar-refractivity contribution < 1.29 is 14.6 Å². The highest BCUT2D eigenvalue weighted by Crippen LogP contribution is 2.35. The van der Waals surface area contributed by atoms with Gasteiger partial charge in [0.1, 0.15) is 5.75 Å². The Morgan fingerprint density at radius 1 is 1.25 bits per heavy atom. The van der Waals surface area contributed by atoms with Gasteiger partial charge in [0, 0.05) is 4.90 Å². The van der Waals surface area contributed by atoms with E-state index < -0.39 is 5.97 Å². The highest BCUT2D eigenvalue weighted by atomic mass is 32.2. The van der Waals surface area contributed by atoms with E-state index in [1.54, 1.807) is 43.5 Å². The van der Waals surface area contributed by atoms with E-state index in [0.717, 1.165) is 9.79 Å². The number of carboxylic acid groups (broad SMARTS) is 1. The Labute approximate surface area is 120 Å². The zero-order valence-electron chi connectivity index (χ0n) is 10.7. The summed E-state index contributed by atoms with van der Waals surface area (Å²) in [5.74, 6) is -0.325. The number of hydrogen-bond donors (Lipinski definition) is 1. The van der Waals surface area contributed by atoms with Crippen LogP contribution in [0.25, 0.3) is 0 Å². The van der Waals surface area contributed by atoms with E-state index in [1.807, 2.05) is 6.07 Å². The number of hydrogen-bond acceptors (Lipinski definition) is 4. The van der Waals surface area contributed by atoms with E-state index in [-0.39, 0.29) is 5.56 Å². The van der Waals surface area contributed by atoms with Gasteiger partial charge in [0.25, 0.3) is 0 Å². The summed E-state index contributed by atoms with van der Waals surface area (Å²) in [6.45, 7) is 0. The zero-order chi connectivity index (χ0) is 14.5. The van der Waals surface area contributed by atoms with E-state index >= 15 is 0 Å². The molecule has 0 atom stereocenters. The predicted octanol–water partition coefficient (Wildman–Crippen LogP) is 3.42. The molecular weight excluding hydrogens is 274 g/mol. The number of aromatic carboxylic acids is 1. The average Bonchev–Trinajstić information content (AvgIpc) is 2.48. The number of carboxylic acids is 1. The first-order chi connectivity index (χ1) is 9.63. The molecule has 0 aliphatic rings. The molecule has 0 bridgehead atoms. The quantitative estimate of drug-likeness (QED) is 0.932. The van der Waals surface area contributed by atoms with Gasteiger partial charge in [-0.05, 0) is 42.5 Å². The summed E-state index contributed by atoms with van der Waals surface area (Å²) in [7, 11) is 1.55. The van der Waals surface area contributed by atoms with Gasteiger partial charge in [0.05, 0.1) is 29.2 Å². The van der Waals surface area contributed by atoms with Crippen LogP contribution in [0.15, 0.2) is 52.3 Å². The van der Waals surface area contributed by atoms with Crippen molar-refractivity contribution in [2.75, 3.05) is 7.11 Å². The average molecular weight is 285 g/mol. The molecule has 0 amide bonds. The van der Waals surface area contributed by atoms with Gasteiger partial charge < -0.3 is 9.84 Å². The number of carbonyl (C=O) groups is 1. The number of nitriles is 1. The van der Waals surface area contributed by atoms with Crippen molar-refractivity contribution in [3.05, 3.63) is 53.6 Å². The monoisotopic (exact) mass is 285 g/mol. The lowest BCUT2D eigenvalue weighted by molar-refractivity contribution is 0.0697. The third kappa shape index (κ3) is 3.11. The van der Waals surface area contributed by atoms with Gasteiger partial charge >= 0.3 is 5.97 Å². The molecule has 0 unspecified atom stereocenters. The fourth-order valence-electron chi connectivity index (χ4n) is 1.61. The normalized spacial score (nSPS) is 9.80. The molecule has 2 aromatic rings. The van der Waals surface area contributed by atoms with Gasteiger partial charge in [-0.15, -0.1) is 0 Å². The molecule has 0 radical (unpaired) electrons. The van der Waals surface area contributed by atoms with Crippen LogP contribution in [0, 0.1) is 11.3 Å². The molecular formula is C15H11NO3S. The number of ether oxygens (including phenoxy) is 1. The van der Waals surface area contributed by atoms with Crippen LogP contribution in [0.2, 0.25) is 0 Å². The standard InChI is InChI=1S/C15H11NO3S/c1-19-13-8-10(9-16)2-7-14(13)20-12-5-3-11(4-6-12)15(17)18/h2-8H,1H3,(H,17,18). The fourth-order valence-corrected chi connectivity index (χ4v) is 2.52. The molecule has 2 rings (SSSR count). The summed E-state index contributed by atoms with van der Waals surface area (Å²) in [5.41, 5.74) is 0.786. The maximum Gasteiger partial charge on any atom is 0.335 e. The van der Waals surface area contributed by atoms with Crippen LogP contribution in [0.3, 0.4) is 0 Å². The predicted molar refractivity (Wildman–Crippen MR) is 75.2 cm³/mol. The number of rotatable bonds is 4. The maximum atomic E-state index is 10.8. The highest BCUT2D eigenvalue weighted by Gasteiger charge is 2.07. The number of nitrogens with zero attached hydrogens (tertiary/aromatic N) is 1. The molecule has 0 saturated carbocycles. The van der Waals surface area contributed by atoms with Crippen LogP contribution in [0.4, 0.5) is 0 Å². The minimum Gasteiger partial charge on any atom is -0.496 e. The Morgan fingerprint density at radius 3 is 2.50 bits per heavy atom. The van der Waals surface area contributed by atoms with E-state index in [1.165, 1.54) is 11.8 Å². The molecule has 0 heterocycles. The maximum absolute atomic E-state index is 10.8. The lowest BCUT2D eigenvalue weighted by Gasteiger charge is -2.08. The smallest absolute Gasteiger partial charge is 0.335 e. The fraction of sp³-hybridized carbons (Fsp3) is 0.0667. The van der Waals surface area contributed by atoms with Crippen molar-refractivity contribution in [1.82, 2.24) is 0 Å². The molecule has 0 aliphatic carbocycles. The van der Waals surface area contributed by atoms with Crippen molar-refractivity contribution in [2.24, 2.45) is 0 Å². The van der Waals surface area contributed by atoms with Gasteiger partial charge in [-0.25, -0.2) is 4.79 Å². The Hall–Kier alpha value is -2.45. The third-order valence-electron chi connectivity index (χ3n) is 2.62. The molecule has 4 nitrogen and oxygen atoms in total. The van der Waals surface area contributed by atoms with Crippen molar-refractivity contribution in [3.63, 3.8) is 0 Å². The van der Waals surface area contributed by atoms with E-state index in [0.29, 0.717) is 11.3 Å². The second kappa shape index (κ2) is 6.13. The van der Waals surface area contributed by atoms with Gasteiger partial charge in [-0.3, -0.25) is 0 Å². The first-order valence-electron chi connectivity index (χ1n) is 5.73. The van der Waals surface area contributed by atoms with Crippen molar-refractivity contribution in [1.29, 1.82) is 5.26 Å². The van der Waals surface area contributed by atoms with Gasteiger partial charge in [0.15, 0.2) is 0 Å². The Kier molecular flexibility index (Phi) is 4.28. The van der Waals surface area contributed by atoms with Crippen molar-refractivity contribution >= 4 is 17.7 Å². The summed E-state index contributed by atoms with van der Waals surface area (Å²) in [6.07, 6.45) is 0. The molecule has 0 aromatic heterocycles. The van der Waals surface area contributed by atoms with E-state index in [9.17, 15) is 4.79 Å². The second-order valence-corrected chi connectivity index (χ2v) is 5.02. The first-order valence-corrected chi connectivity index (χ1v) is 6.55. The van der Waals surface area contributed by atoms with Gasteiger partial charge in [0.2, 0.25) is 0 Å². The lowest BCUT2D eigenvalue weighted by atomic mass is 10.2. The molecule has 0 spiro atoms. The van der Waals surface area contributed by atoms with Crippen LogP contribution >= 0.6 is 11.8 Å². The van der Waals surface area contributed by atoms with Crippen LogP contribution in [-0.2, 0) is 0 Å². The third-order valence-corrected chi connectivity index (χ3v) is 3.69. The molecule has 1 N–H and O–H groups in total. The minimum absolute atomic E-state index is 0.251. The molecule has 0 saturated heterocycles. The molecule has 5 heteroatoms. The molecule has 20 heavy (non-hydrogen) atoms. The summed E-state index contributed by atoms with van der Waals surface area (Å²) in [6, 6.07) is 13.9. The highest BCUT2D eigenvalue weighted by molar-refractivity contribution is 7.99. The van der Waals surface area contributed by atoms with E-state index in [4.69, 9.17) is 15.1 Å². The van der Waals surface area contributed by atoms with E-state index in [2.05, 4.69) is 6.07 Å². The lowest BCUT2D eigenvalue weighted by Crippen LogP contribution is -1.94. The first kappa shape index (κ1) is 14.0. The molecule has 2 aromatic carbocycles. The molecule has 0 fully saturated rings.